The molecular weight excluding hydrogens is 220 g/mol. The van der Waals surface area contributed by atoms with Gasteiger partial charge in [-0.05, 0) is 39.0 Å². The van der Waals surface area contributed by atoms with E-state index >= 15 is 0 Å². The Morgan fingerprint density at radius 3 is 2.35 bits per heavy atom. The number of esters is 2. The monoisotopic (exact) mass is 241 g/mol. The molecule has 0 aromatic rings. The maximum absolute atomic E-state index is 12.0. The zero-order valence-electron chi connectivity index (χ0n) is 10.7. The van der Waals surface area contributed by atoms with Crippen LogP contribution in [-0.4, -0.2) is 23.6 Å². The second kappa shape index (κ2) is 6.03. The van der Waals surface area contributed by atoms with Gasteiger partial charge in [0.05, 0.1) is 6.92 Å². The maximum Gasteiger partial charge on any atom is 0.350 e. The molecule has 1 aliphatic rings. The second-order valence-electron chi connectivity index (χ2n) is 4.72. The van der Waals surface area contributed by atoms with Crippen molar-refractivity contribution in [2.75, 3.05) is 0 Å². The fourth-order valence-corrected chi connectivity index (χ4v) is 1.97. The third kappa shape index (κ3) is 4.02. The van der Waals surface area contributed by atoms with Gasteiger partial charge in [-0.3, -0.25) is 4.79 Å². The molecule has 1 saturated carbocycles. The summed E-state index contributed by atoms with van der Waals surface area (Å²) in [6, 6.07) is 0. The summed E-state index contributed by atoms with van der Waals surface area (Å²) in [5.74, 6) is -1.15. The highest BCUT2D eigenvalue weighted by Gasteiger charge is 2.38. The van der Waals surface area contributed by atoms with Crippen molar-refractivity contribution in [2.45, 2.75) is 64.1 Å². The Morgan fingerprint density at radius 2 is 1.88 bits per heavy atom. The molecule has 1 aliphatic carbocycles. The molecule has 0 spiro atoms. The molecule has 97 valence electrons. The van der Waals surface area contributed by atoms with Crippen molar-refractivity contribution in [1.29, 1.82) is 0 Å². The molecule has 0 amide bonds. The zero-order valence-corrected chi connectivity index (χ0v) is 10.7. The lowest BCUT2D eigenvalue weighted by Crippen LogP contribution is -2.42. The van der Waals surface area contributed by atoms with Crippen LogP contribution in [0, 0.1) is 6.92 Å². The number of ether oxygens (including phenoxy) is 2. The van der Waals surface area contributed by atoms with Crippen molar-refractivity contribution < 1.29 is 19.1 Å². The smallest absolute Gasteiger partial charge is 0.350 e. The van der Waals surface area contributed by atoms with E-state index < -0.39 is 17.5 Å². The van der Waals surface area contributed by atoms with Gasteiger partial charge in [0.15, 0.2) is 0 Å². The van der Waals surface area contributed by atoms with Crippen molar-refractivity contribution in [3.05, 3.63) is 6.92 Å². The first-order valence-electron chi connectivity index (χ1n) is 6.24. The quantitative estimate of drug-likeness (QED) is 0.709. The van der Waals surface area contributed by atoms with Gasteiger partial charge in [-0.1, -0.05) is 13.3 Å². The largest absolute Gasteiger partial charge is 0.459 e. The van der Waals surface area contributed by atoms with Gasteiger partial charge >= 0.3 is 11.9 Å². The van der Waals surface area contributed by atoms with Gasteiger partial charge in [0.25, 0.3) is 0 Å². The first kappa shape index (κ1) is 14.0. The standard InChI is InChI=1S/C13H21O4/c1-4-13(3,17-10(2)14)12(15)16-11-8-6-5-7-9-11/h11H,2,4-9H2,1,3H3. The number of carbonyl (C=O) groups excluding carboxylic acids is 2. The van der Waals surface area contributed by atoms with Gasteiger partial charge in [0, 0.05) is 0 Å². The van der Waals surface area contributed by atoms with Gasteiger partial charge in [0.2, 0.25) is 5.60 Å². The molecule has 4 nitrogen and oxygen atoms in total. The van der Waals surface area contributed by atoms with Crippen LogP contribution < -0.4 is 0 Å². The highest BCUT2D eigenvalue weighted by Crippen LogP contribution is 2.24. The van der Waals surface area contributed by atoms with E-state index in [-0.39, 0.29) is 6.10 Å². The van der Waals surface area contributed by atoms with Crippen molar-refractivity contribution >= 4 is 11.9 Å². The van der Waals surface area contributed by atoms with E-state index in [0.29, 0.717) is 6.42 Å². The molecule has 1 rings (SSSR count). The van der Waals surface area contributed by atoms with Crippen molar-refractivity contribution in [2.24, 2.45) is 0 Å². The topological polar surface area (TPSA) is 52.6 Å². The fraction of sp³-hybridized carbons (Fsp3) is 0.769. The highest BCUT2D eigenvalue weighted by molar-refractivity contribution is 5.84. The number of hydrogen-bond acceptors (Lipinski definition) is 4. The summed E-state index contributed by atoms with van der Waals surface area (Å²) in [5.41, 5.74) is -1.20. The van der Waals surface area contributed by atoms with Crippen LogP contribution in [0.4, 0.5) is 0 Å². The summed E-state index contributed by atoms with van der Waals surface area (Å²) >= 11 is 0. The van der Waals surface area contributed by atoms with Crippen molar-refractivity contribution in [3.63, 3.8) is 0 Å². The van der Waals surface area contributed by atoms with E-state index in [2.05, 4.69) is 6.92 Å². The third-order valence-corrected chi connectivity index (χ3v) is 3.27. The van der Waals surface area contributed by atoms with E-state index in [1.807, 2.05) is 0 Å². The summed E-state index contributed by atoms with van der Waals surface area (Å²) in [6.07, 6.45) is 5.57. The van der Waals surface area contributed by atoms with Crippen LogP contribution in [-0.2, 0) is 19.1 Å². The summed E-state index contributed by atoms with van der Waals surface area (Å²) in [5, 5.41) is 0. The Balaban J connectivity index is 2.55. The Bertz CT molecular complexity index is 281. The second-order valence-corrected chi connectivity index (χ2v) is 4.72. The summed E-state index contributed by atoms with van der Waals surface area (Å²) < 4.78 is 10.4. The van der Waals surface area contributed by atoms with Crippen LogP contribution in [0.2, 0.25) is 0 Å². The minimum atomic E-state index is -1.20. The maximum atomic E-state index is 12.0. The van der Waals surface area contributed by atoms with Crippen LogP contribution in [0.15, 0.2) is 0 Å². The summed E-state index contributed by atoms with van der Waals surface area (Å²) in [7, 11) is 0. The molecule has 0 saturated heterocycles. The normalized spacial score (nSPS) is 20.4. The Kier molecular flexibility index (Phi) is 4.97. The van der Waals surface area contributed by atoms with Crippen LogP contribution in [0.1, 0.15) is 52.4 Å². The highest BCUT2D eigenvalue weighted by atomic mass is 16.6. The Morgan fingerprint density at radius 1 is 1.29 bits per heavy atom. The summed E-state index contributed by atoms with van der Waals surface area (Å²) in [4.78, 5) is 22.8. The molecule has 0 aliphatic heterocycles. The fourth-order valence-electron chi connectivity index (χ4n) is 1.97. The van der Waals surface area contributed by atoms with Crippen LogP contribution >= 0.6 is 0 Å². The first-order chi connectivity index (χ1) is 7.98. The first-order valence-corrected chi connectivity index (χ1v) is 6.24. The average Bonchev–Trinajstić information content (AvgIpc) is 2.29. The minimum absolute atomic E-state index is 0.0226. The van der Waals surface area contributed by atoms with Crippen LogP contribution in [0.5, 0.6) is 0 Å². The Hall–Kier alpha value is -1.06. The van der Waals surface area contributed by atoms with Gasteiger partial charge < -0.3 is 9.47 Å². The molecule has 0 bridgehead atoms. The minimum Gasteiger partial charge on any atom is -0.459 e. The molecule has 1 unspecified atom stereocenters. The van der Waals surface area contributed by atoms with Crippen molar-refractivity contribution in [1.82, 2.24) is 0 Å². The van der Waals surface area contributed by atoms with E-state index in [0.717, 1.165) is 25.7 Å². The predicted octanol–water partition coefficient (Wildman–Crippen LogP) is 2.41. The Labute approximate surface area is 103 Å². The van der Waals surface area contributed by atoms with Gasteiger partial charge in [-0.2, -0.15) is 0 Å². The number of hydrogen-bond donors (Lipinski definition) is 0. The summed E-state index contributed by atoms with van der Waals surface area (Å²) in [6.45, 7) is 6.49. The number of rotatable bonds is 4. The van der Waals surface area contributed by atoms with Gasteiger partial charge in [-0.25, -0.2) is 4.79 Å². The van der Waals surface area contributed by atoms with Gasteiger partial charge in [-0.15, -0.1) is 0 Å². The van der Waals surface area contributed by atoms with E-state index in [4.69, 9.17) is 9.47 Å². The molecule has 0 aromatic carbocycles. The molecule has 1 fully saturated rings. The molecule has 4 heteroatoms. The van der Waals surface area contributed by atoms with E-state index in [9.17, 15) is 9.59 Å². The molecular formula is C13H21O4. The van der Waals surface area contributed by atoms with E-state index in [1.54, 1.807) is 13.8 Å². The lowest BCUT2D eigenvalue weighted by Gasteiger charge is -2.29. The zero-order chi connectivity index (χ0) is 12.9. The third-order valence-electron chi connectivity index (χ3n) is 3.27. The molecule has 1 radical (unpaired) electrons. The number of carbonyl (C=O) groups is 2. The molecule has 0 heterocycles. The van der Waals surface area contributed by atoms with Crippen LogP contribution in [0.25, 0.3) is 0 Å². The lowest BCUT2D eigenvalue weighted by molar-refractivity contribution is -0.183. The van der Waals surface area contributed by atoms with Crippen molar-refractivity contribution in [3.8, 4) is 0 Å². The lowest BCUT2D eigenvalue weighted by atomic mass is 9.97. The molecule has 17 heavy (non-hydrogen) atoms. The average molecular weight is 241 g/mol. The molecule has 1 atom stereocenters. The SMILES string of the molecule is [CH2]C(=O)OC(C)(CC)C(=O)OC1CCCCC1. The predicted molar refractivity (Wildman–Crippen MR) is 63.1 cm³/mol. The van der Waals surface area contributed by atoms with Gasteiger partial charge in [0.1, 0.15) is 6.10 Å². The van der Waals surface area contributed by atoms with E-state index in [1.165, 1.54) is 6.42 Å². The van der Waals surface area contributed by atoms with Crippen LogP contribution in [0.3, 0.4) is 0 Å². The molecule has 0 N–H and O–H groups in total. The molecule has 0 aromatic heterocycles.